The van der Waals surface area contributed by atoms with Crippen LogP contribution in [0.3, 0.4) is 0 Å². The summed E-state index contributed by atoms with van der Waals surface area (Å²) in [5.41, 5.74) is 3.74. The lowest BCUT2D eigenvalue weighted by molar-refractivity contribution is -0.118. The Morgan fingerprint density at radius 1 is 1.33 bits per heavy atom. The monoisotopic (exact) mass is 286 g/mol. The molecule has 1 aromatic carbocycles. The van der Waals surface area contributed by atoms with Crippen LogP contribution in [0.25, 0.3) is 0 Å². The maximum Gasteiger partial charge on any atom is 0.228 e. The maximum absolute atomic E-state index is 12.6. The van der Waals surface area contributed by atoms with Crippen LogP contribution >= 0.6 is 0 Å². The molecule has 3 rings (SSSR count). The topological polar surface area (TPSA) is 41.1 Å². The number of hydrogen-bond acceptors (Lipinski definition) is 2. The first kappa shape index (κ1) is 14.6. The molecule has 2 fully saturated rings. The van der Waals surface area contributed by atoms with Crippen molar-refractivity contribution < 1.29 is 4.79 Å². The molecule has 1 amide bonds. The number of amides is 1. The summed E-state index contributed by atoms with van der Waals surface area (Å²) in [5, 5.41) is 6.63. The first-order valence-corrected chi connectivity index (χ1v) is 8.14. The van der Waals surface area contributed by atoms with E-state index in [4.69, 9.17) is 0 Å². The summed E-state index contributed by atoms with van der Waals surface area (Å²) in [6, 6.07) is 6.28. The molecule has 1 aliphatic heterocycles. The third-order valence-electron chi connectivity index (χ3n) is 5.28. The molecule has 1 heterocycles. The number of aryl methyl sites for hydroxylation is 1. The highest BCUT2D eigenvalue weighted by Crippen LogP contribution is 2.58. The van der Waals surface area contributed by atoms with Gasteiger partial charge >= 0.3 is 0 Å². The molecule has 2 aliphatic rings. The van der Waals surface area contributed by atoms with Crippen LogP contribution in [0.5, 0.6) is 0 Å². The van der Waals surface area contributed by atoms with E-state index in [0.717, 1.165) is 43.6 Å². The molecule has 21 heavy (non-hydrogen) atoms. The largest absolute Gasteiger partial charge is 0.325 e. The van der Waals surface area contributed by atoms with E-state index >= 15 is 0 Å². The summed E-state index contributed by atoms with van der Waals surface area (Å²) in [4.78, 5) is 12.6. The molecule has 0 radical (unpaired) electrons. The highest BCUT2D eigenvalue weighted by molar-refractivity contribution is 5.96. The molecule has 3 nitrogen and oxygen atoms in total. The summed E-state index contributed by atoms with van der Waals surface area (Å²) in [7, 11) is 0. The Morgan fingerprint density at radius 3 is 2.71 bits per heavy atom. The highest BCUT2D eigenvalue weighted by atomic mass is 16.2. The molecule has 1 atom stereocenters. The molecule has 1 aromatic rings. The normalized spacial score (nSPS) is 23.3. The van der Waals surface area contributed by atoms with E-state index in [-0.39, 0.29) is 11.8 Å². The van der Waals surface area contributed by atoms with Crippen molar-refractivity contribution in [3.8, 4) is 0 Å². The predicted molar refractivity (Wildman–Crippen MR) is 86.5 cm³/mol. The van der Waals surface area contributed by atoms with Gasteiger partial charge in [-0.2, -0.15) is 0 Å². The summed E-state index contributed by atoms with van der Waals surface area (Å²) in [5.74, 6) is 0.875. The third-order valence-corrected chi connectivity index (χ3v) is 5.28. The van der Waals surface area contributed by atoms with Crippen LogP contribution in [0, 0.1) is 18.3 Å². The number of benzene rings is 1. The lowest BCUT2D eigenvalue weighted by Gasteiger charge is -2.23. The third kappa shape index (κ3) is 2.71. The number of rotatable bonds is 3. The van der Waals surface area contributed by atoms with Crippen LogP contribution in [-0.2, 0) is 4.79 Å². The molecular weight excluding hydrogens is 260 g/mol. The van der Waals surface area contributed by atoms with E-state index in [1.165, 1.54) is 5.56 Å². The molecule has 1 saturated heterocycles. The summed E-state index contributed by atoms with van der Waals surface area (Å²) in [6.45, 7) is 8.55. The molecule has 1 saturated carbocycles. The van der Waals surface area contributed by atoms with Gasteiger partial charge in [0.1, 0.15) is 0 Å². The van der Waals surface area contributed by atoms with Crippen LogP contribution < -0.4 is 10.6 Å². The van der Waals surface area contributed by atoms with Crippen LogP contribution in [-0.4, -0.2) is 19.0 Å². The van der Waals surface area contributed by atoms with E-state index in [0.29, 0.717) is 11.3 Å². The Kier molecular flexibility index (Phi) is 3.78. The number of para-hydroxylation sites is 1. The molecule has 114 valence electrons. The second-order valence-electron chi connectivity index (χ2n) is 7.05. The molecule has 1 aliphatic carbocycles. The Balaban J connectivity index is 1.74. The Hall–Kier alpha value is -1.35. The fourth-order valence-electron chi connectivity index (χ4n) is 3.75. The molecule has 1 unspecified atom stereocenters. The average molecular weight is 286 g/mol. The van der Waals surface area contributed by atoms with Crippen LogP contribution in [0.2, 0.25) is 0 Å². The van der Waals surface area contributed by atoms with Crippen molar-refractivity contribution in [1.29, 1.82) is 0 Å². The second-order valence-corrected chi connectivity index (χ2v) is 7.05. The lowest BCUT2D eigenvalue weighted by atomic mass is 9.91. The molecular formula is C18H26N2O. The number of hydrogen-bond donors (Lipinski definition) is 2. The fourth-order valence-corrected chi connectivity index (χ4v) is 3.75. The van der Waals surface area contributed by atoms with Crippen molar-refractivity contribution >= 4 is 11.6 Å². The fraction of sp³-hybridized carbons (Fsp3) is 0.611. The van der Waals surface area contributed by atoms with E-state index in [2.05, 4.69) is 49.6 Å². The van der Waals surface area contributed by atoms with Gasteiger partial charge in [-0.15, -0.1) is 0 Å². The molecule has 0 aromatic heterocycles. The van der Waals surface area contributed by atoms with Gasteiger partial charge in [0.05, 0.1) is 0 Å². The second kappa shape index (κ2) is 5.45. The van der Waals surface area contributed by atoms with Gasteiger partial charge in [0.2, 0.25) is 5.91 Å². The highest BCUT2D eigenvalue weighted by Gasteiger charge is 2.57. The van der Waals surface area contributed by atoms with Gasteiger partial charge in [0.25, 0.3) is 0 Å². The molecule has 1 spiro atoms. The van der Waals surface area contributed by atoms with Crippen molar-refractivity contribution in [2.75, 3.05) is 18.4 Å². The van der Waals surface area contributed by atoms with Crippen molar-refractivity contribution in [2.45, 2.75) is 46.0 Å². The van der Waals surface area contributed by atoms with Crippen molar-refractivity contribution in [2.24, 2.45) is 11.3 Å². The first-order chi connectivity index (χ1) is 10.0. The molecule has 2 N–H and O–H groups in total. The molecule has 3 heteroatoms. The Labute approximate surface area is 127 Å². The minimum Gasteiger partial charge on any atom is -0.325 e. The zero-order chi connectivity index (χ0) is 15.0. The zero-order valence-corrected chi connectivity index (χ0v) is 13.3. The van der Waals surface area contributed by atoms with Gasteiger partial charge in [0.15, 0.2) is 0 Å². The van der Waals surface area contributed by atoms with Gasteiger partial charge in [-0.3, -0.25) is 4.79 Å². The number of piperidine rings is 1. The minimum atomic E-state index is 0.221. The number of carbonyl (C=O) groups is 1. The van der Waals surface area contributed by atoms with Gasteiger partial charge in [-0.1, -0.05) is 32.0 Å². The van der Waals surface area contributed by atoms with Gasteiger partial charge in [-0.05, 0) is 61.7 Å². The van der Waals surface area contributed by atoms with Crippen LogP contribution in [0.1, 0.15) is 50.2 Å². The Morgan fingerprint density at radius 2 is 2.05 bits per heavy atom. The van der Waals surface area contributed by atoms with E-state index < -0.39 is 0 Å². The summed E-state index contributed by atoms with van der Waals surface area (Å²) in [6.07, 6.45) is 3.37. The smallest absolute Gasteiger partial charge is 0.228 e. The van der Waals surface area contributed by atoms with Crippen LogP contribution in [0.15, 0.2) is 18.2 Å². The lowest BCUT2D eigenvalue weighted by Crippen LogP contribution is -2.31. The van der Waals surface area contributed by atoms with Crippen molar-refractivity contribution in [1.82, 2.24) is 5.32 Å². The van der Waals surface area contributed by atoms with E-state index in [9.17, 15) is 4.79 Å². The SMILES string of the molecule is Cc1cccc(C(C)C)c1NC(=O)C1CC12CCNCC2. The predicted octanol–water partition coefficient (Wildman–Crippen LogP) is 3.45. The van der Waals surface area contributed by atoms with Crippen molar-refractivity contribution in [3.05, 3.63) is 29.3 Å². The molecule has 0 bridgehead atoms. The Bertz CT molecular complexity index is 544. The summed E-state index contributed by atoms with van der Waals surface area (Å²) < 4.78 is 0. The van der Waals surface area contributed by atoms with E-state index in [1.54, 1.807) is 0 Å². The first-order valence-electron chi connectivity index (χ1n) is 8.14. The number of carbonyl (C=O) groups excluding carboxylic acids is 1. The zero-order valence-electron chi connectivity index (χ0n) is 13.3. The quantitative estimate of drug-likeness (QED) is 0.893. The standard InChI is InChI=1S/C18H26N2O/c1-12(2)14-6-4-5-13(3)16(14)20-17(21)15-11-18(15)7-9-19-10-8-18/h4-6,12,15,19H,7-11H2,1-3H3,(H,20,21). The van der Waals surface area contributed by atoms with Gasteiger partial charge in [0, 0.05) is 11.6 Å². The number of anilines is 1. The van der Waals surface area contributed by atoms with Gasteiger partial charge < -0.3 is 10.6 Å². The van der Waals surface area contributed by atoms with Crippen LogP contribution in [0.4, 0.5) is 5.69 Å². The van der Waals surface area contributed by atoms with Gasteiger partial charge in [-0.25, -0.2) is 0 Å². The average Bonchev–Trinajstić information content (AvgIpc) is 3.15. The minimum absolute atomic E-state index is 0.221. The van der Waals surface area contributed by atoms with E-state index in [1.807, 2.05) is 0 Å². The summed E-state index contributed by atoms with van der Waals surface area (Å²) >= 11 is 0. The maximum atomic E-state index is 12.6. The number of nitrogens with one attached hydrogen (secondary N) is 2. The van der Waals surface area contributed by atoms with Crippen molar-refractivity contribution in [3.63, 3.8) is 0 Å².